The van der Waals surface area contributed by atoms with Crippen LogP contribution in [0.4, 0.5) is 0 Å². The average Bonchev–Trinajstić information content (AvgIpc) is 0.849. The fourth-order valence-electron chi connectivity index (χ4n) is 10.0. The molecule has 11 amide bonds. The predicted octanol–water partition coefficient (Wildman–Crippen LogP) is -3.40. The highest BCUT2D eigenvalue weighted by atomic mass is 16.4. The number of aliphatic hydroxyl groups is 1. The van der Waals surface area contributed by atoms with E-state index in [1.54, 1.807) is 58.0 Å². The van der Waals surface area contributed by atoms with Crippen molar-refractivity contribution in [2.45, 2.75) is 205 Å². The number of aromatic hydroxyl groups is 1. The molecule has 2 rings (SSSR count). The second-order valence-electron chi connectivity index (χ2n) is 25.8. The largest absolute Gasteiger partial charge is 0.508 e. The van der Waals surface area contributed by atoms with E-state index in [0.29, 0.717) is 17.5 Å². The van der Waals surface area contributed by atoms with E-state index in [9.17, 15) is 103 Å². The lowest BCUT2D eigenvalue weighted by Crippen LogP contribution is -2.62. The number of carbonyl (C=O) groups is 15. The van der Waals surface area contributed by atoms with Crippen molar-refractivity contribution >= 4 is 94.8 Å². The van der Waals surface area contributed by atoms with Crippen LogP contribution >= 0.6 is 0 Å². The van der Waals surface area contributed by atoms with Gasteiger partial charge in [-0.25, -0.2) is 4.79 Å². The SMILES string of the molecule is CC[C@H](C)[C@H](NC(=O)[C@H](Cc1ccccc1)NC(=O)[C@H](C)NC(=O)[C@H](CCC(=O)O)NC(=O)[C@H](CC(=O)O)NC(=O)[C@H](CC(=O)O)NC(=O)[C@@H](NC(=O)[C@H](Cc1ccc(O)cc1)NC(=O)[C@H](CO)NC(=O)[C@H](CC(C)C)NC(=O)[C@@H](N)CC(C)C)C(C)C)C(=O)N[C@@H](CCCN=C(N)N)C(=O)O. The maximum atomic E-state index is 14.3. The van der Waals surface area contributed by atoms with E-state index in [2.05, 4.69) is 58.2 Å². The minimum Gasteiger partial charge on any atom is -0.508 e. The highest BCUT2D eigenvalue weighted by Gasteiger charge is 2.39. The molecule has 0 aliphatic carbocycles. The van der Waals surface area contributed by atoms with Gasteiger partial charge in [0.05, 0.1) is 25.5 Å². The van der Waals surface area contributed by atoms with Gasteiger partial charge in [0.1, 0.15) is 72.2 Å². The summed E-state index contributed by atoms with van der Waals surface area (Å²) in [6, 6.07) is -6.03. The number of aliphatic imine (C=N–C) groups is 1. The molecule has 0 aliphatic rings. The quantitative estimate of drug-likeness (QED) is 0.0174. The van der Waals surface area contributed by atoms with Crippen LogP contribution in [0.15, 0.2) is 59.6 Å². The average molecular weight is 1440 g/mol. The normalized spacial score (nSPS) is 15.0. The smallest absolute Gasteiger partial charge is 0.326 e. The Labute approximate surface area is 589 Å². The molecule has 0 spiro atoms. The molecule has 2 aromatic rings. The van der Waals surface area contributed by atoms with Crippen LogP contribution in [-0.2, 0) is 84.8 Å². The molecule has 23 N–H and O–H groups in total. The van der Waals surface area contributed by atoms with Gasteiger partial charge in [-0.1, -0.05) is 104 Å². The lowest BCUT2D eigenvalue weighted by molar-refractivity contribution is -0.144. The number of phenols is 1. The number of hydrogen-bond acceptors (Lipinski definition) is 19. The summed E-state index contributed by atoms with van der Waals surface area (Å²) in [7, 11) is 0. The van der Waals surface area contributed by atoms with E-state index in [-0.39, 0.29) is 68.6 Å². The second kappa shape index (κ2) is 43.9. The number of nitrogens with one attached hydrogen (secondary N) is 11. The van der Waals surface area contributed by atoms with Crippen LogP contribution in [0.5, 0.6) is 5.75 Å². The Kier molecular flexibility index (Phi) is 37.7. The lowest BCUT2D eigenvalue weighted by Gasteiger charge is -2.29. The number of carboxylic acids is 4. The summed E-state index contributed by atoms with van der Waals surface area (Å²) in [6.07, 6.45) is -3.96. The second-order valence-corrected chi connectivity index (χ2v) is 25.8. The van der Waals surface area contributed by atoms with Gasteiger partial charge in [-0.15, -0.1) is 0 Å². The van der Waals surface area contributed by atoms with Crippen molar-refractivity contribution in [3.05, 3.63) is 65.7 Å². The third-order valence-corrected chi connectivity index (χ3v) is 15.8. The zero-order valence-corrected chi connectivity index (χ0v) is 58.6. The molecule has 0 unspecified atom stereocenters. The number of carbonyl (C=O) groups excluding carboxylic acids is 11. The van der Waals surface area contributed by atoms with Crippen molar-refractivity contribution in [2.75, 3.05) is 13.2 Å². The number of hydrogen-bond donors (Lipinski definition) is 20. The lowest BCUT2D eigenvalue weighted by atomic mass is 9.96. The molecule has 0 heterocycles. The Morgan fingerprint density at radius 3 is 1.34 bits per heavy atom. The first-order valence-electron chi connectivity index (χ1n) is 33.2. The molecule has 0 aromatic heterocycles. The van der Waals surface area contributed by atoms with Gasteiger partial charge in [0, 0.05) is 25.8 Å². The van der Waals surface area contributed by atoms with Gasteiger partial charge in [0.15, 0.2) is 5.96 Å². The van der Waals surface area contributed by atoms with Crippen molar-refractivity contribution in [3.63, 3.8) is 0 Å². The van der Waals surface area contributed by atoms with E-state index in [4.69, 9.17) is 17.2 Å². The molecule has 0 aliphatic heterocycles. The van der Waals surface area contributed by atoms with E-state index in [1.165, 1.54) is 38.1 Å². The third kappa shape index (κ3) is 32.2. The van der Waals surface area contributed by atoms with Crippen molar-refractivity contribution in [1.29, 1.82) is 0 Å². The molecule has 0 fully saturated rings. The minimum atomic E-state index is -2.22. The maximum Gasteiger partial charge on any atom is 0.326 e. The third-order valence-electron chi connectivity index (χ3n) is 15.8. The highest BCUT2D eigenvalue weighted by molar-refractivity contribution is 6.01. The summed E-state index contributed by atoms with van der Waals surface area (Å²) < 4.78 is 0. The zero-order valence-electron chi connectivity index (χ0n) is 58.6. The summed E-state index contributed by atoms with van der Waals surface area (Å²) in [4.78, 5) is 206. The van der Waals surface area contributed by atoms with E-state index >= 15 is 0 Å². The summed E-state index contributed by atoms with van der Waals surface area (Å²) in [6.45, 7) is 13.5. The molecule has 0 bridgehead atoms. The van der Waals surface area contributed by atoms with Crippen LogP contribution in [0.2, 0.25) is 0 Å². The van der Waals surface area contributed by atoms with Crippen molar-refractivity contribution in [3.8, 4) is 5.75 Å². The number of amides is 11. The first kappa shape index (κ1) is 87.6. The predicted molar refractivity (Wildman–Crippen MR) is 366 cm³/mol. The van der Waals surface area contributed by atoms with Gasteiger partial charge >= 0.3 is 23.9 Å². The molecule has 0 saturated heterocycles. The summed E-state index contributed by atoms with van der Waals surface area (Å²) in [5.74, 6) is -20.5. The van der Waals surface area contributed by atoms with Crippen LogP contribution < -0.4 is 75.7 Å². The fourth-order valence-corrected chi connectivity index (χ4v) is 10.0. The monoisotopic (exact) mass is 1440 g/mol. The number of guanidine groups is 1. The van der Waals surface area contributed by atoms with Crippen molar-refractivity contribution < 1.29 is 103 Å². The molecular formula is C66H101N15O21. The van der Waals surface area contributed by atoms with Crippen LogP contribution in [0.3, 0.4) is 0 Å². The summed E-state index contributed by atoms with van der Waals surface area (Å²) in [5, 5.41) is 85.8. The molecular weight excluding hydrogens is 1340 g/mol. The molecule has 2 aromatic carbocycles. The Hall–Kier alpha value is -10.5. The Morgan fingerprint density at radius 2 is 0.863 bits per heavy atom. The first-order chi connectivity index (χ1) is 47.8. The van der Waals surface area contributed by atoms with Gasteiger partial charge in [0.25, 0.3) is 0 Å². The van der Waals surface area contributed by atoms with Crippen LogP contribution in [0.25, 0.3) is 0 Å². The number of benzene rings is 2. The number of aliphatic carboxylic acids is 4. The van der Waals surface area contributed by atoms with E-state index < -0.39 is 205 Å². The molecule has 36 nitrogen and oxygen atoms in total. The van der Waals surface area contributed by atoms with Crippen LogP contribution in [0.1, 0.15) is 131 Å². The number of nitrogens with zero attached hydrogens (tertiary/aromatic N) is 1. The number of phenolic OH excluding ortho intramolecular Hbond substituents is 1. The van der Waals surface area contributed by atoms with Gasteiger partial charge in [0.2, 0.25) is 65.0 Å². The standard InChI is InChI=1S/C66H101N15O21/c1-10-35(8)53(64(100)73-42(65(101)102)17-14-24-70-66(68)69)81-61(97)44(27-37-15-12-11-13-16-37)74-54(90)36(9)71-56(92)41(22-23-49(84)85)72-58(94)46(29-50(86)87)77-59(95)47(30-51(88)89)78-63(99)52(34(6)7)80-60(96)45(28-38-18-20-39(83)21-19-38)76-62(98)48(31-82)79-57(93)43(26-33(4)5)75-55(91)40(67)25-32(2)3/h11-13,15-16,18-21,32-36,40-48,52-53,82-83H,10,14,17,22-31,67H2,1-9H3,(H,71,92)(H,72,94)(H,73,100)(H,74,90)(H,75,91)(H,76,98)(H,77,95)(H,78,99)(H,79,93)(H,80,96)(H,81,97)(H,84,85)(H,86,87)(H,88,89)(H,101,102)(H4,68,69,70)/t35-,36-,40-,41-,42-,43-,44-,45-,46-,47-,48-,52-,53-/m0/s1. The van der Waals surface area contributed by atoms with Gasteiger partial charge in [-0.2, -0.15) is 0 Å². The number of carboxylic acid groups (broad SMARTS) is 4. The maximum absolute atomic E-state index is 14.3. The molecule has 13 atom stereocenters. The minimum absolute atomic E-state index is 0.0293. The van der Waals surface area contributed by atoms with Crippen molar-refractivity contribution in [1.82, 2.24) is 58.5 Å². The molecule has 0 saturated carbocycles. The Bertz CT molecular complexity index is 3240. The highest BCUT2D eigenvalue weighted by Crippen LogP contribution is 2.16. The molecule has 0 radical (unpaired) electrons. The van der Waals surface area contributed by atoms with E-state index in [1.807, 2.05) is 19.2 Å². The van der Waals surface area contributed by atoms with Crippen molar-refractivity contribution in [2.24, 2.45) is 45.9 Å². The van der Waals surface area contributed by atoms with Crippen LogP contribution in [0, 0.1) is 23.7 Å². The topological polar surface area (TPSA) is 600 Å². The van der Waals surface area contributed by atoms with Crippen LogP contribution in [-0.4, -0.2) is 211 Å². The Morgan fingerprint density at radius 1 is 0.441 bits per heavy atom. The fraction of sp³-hybridized carbons (Fsp3) is 0.576. The summed E-state index contributed by atoms with van der Waals surface area (Å²) in [5.41, 5.74) is 17.6. The zero-order chi connectivity index (χ0) is 77.2. The first-order valence-corrected chi connectivity index (χ1v) is 33.2. The van der Waals surface area contributed by atoms with Gasteiger partial charge < -0.3 is 106 Å². The summed E-state index contributed by atoms with van der Waals surface area (Å²) >= 11 is 0. The van der Waals surface area contributed by atoms with Gasteiger partial charge in [-0.05, 0) is 86.0 Å². The number of nitrogens with two attached hydrogens (primary N) is 3. The Balaban J connectivity index is 2.46. The molecule has 102 heavy (non-hydrogen) atoms. The number of rotatable bonds is 46. The molecule has 566 valence electrons. The van der Waals surface area contributed by atoms with E-state index in [0.717, 1.165) is 6.92 Å². The number of aliphatic hydroxyl groups excluding tert-OH is 1. The molecule has 36 heteroatoms. The van der Waals surface area contributed by atoms with Gasteiger partial charge in [-0.3, -0.25) is 72.1 Å².